The molecular formula is C11H9ClF2N2O2. The molecule has 0 aliphatic carbocycles. The topological polar surface area (TPSA) is 48.2 Å². The van der Waals surface area contributed by atoms with E-state index in [4.69, 9.17) is 16.0 Å². The van der Waals surface area contributed by atoms with Gasteiger partial charge in [-0.05, 0) is 24.3 Å². The number of ether oxygens (including phenoxy) is 1. The van der Waals surface area contributed by atoms with Crippen molar-refractivity contribution in [3.63, 3.8) is 0 Å². The summed E-state index contributed by atoms with van der Waals surface area (Å²) in [6, 6.07) is 5.95. The molecule has 7 heteroatoms. The first-order valence-electron chi connectivity index (χ1n) is 5.12. The molecule has 0 radical (unpaired) electrons. The highest BCUT2D eigenvalue weighted by molar-refractivity contribution is 6.17. The molecule has 0 saturated carbocycles. The van der Waals surface area contributed by atoms with Gasteiger partial charge in [0.2, 0.25) is 11.8 Å². The van der Waals surface area contributed by atoms with Crippen molar-refractivity contribution in [1.29, 1.82) is 0 Å². The zero-order chi connectivity index (χ0) is 13.0. The molecule has 96 valence electrons. The van der Waals surface area contributed by atoms with E-state index in [-0.39, 0.29) is 5.75 Å². The minimum Gasteiger partial charge on any atom is -0.435 e. The Morgan fingerprint density at radius 1 is 1.22 bits per heavy atom. The fourth-order valence-corrected chi connectivity index (χ4v) is 1.49. The van der Waals surface area contributed by atoms with Crippen LogP contribution in [0.4, 0.5) is 8.78 Å². The van der Waals surface area contributed by atoms with Crippen LogP contribution in [0.15, 0.2) is 28.7 Å². The van der Waals surface area contributed by atoms with E-state index in [1.807, 2.05) is 0 Å². The molecule has 18 heavy (non-hydrogen) atoms. The first kappa shape index (κ1) is 12.8. The fourth-order valence-electron chi connectivity index (χ4n) is 1.33. The Hall–Kier alpha value is -1.69. The molecule has 0 aliphatic heterocycles. The van der Waals surface area contributed by atoms with Crippen LogP contribution in [0.2, 0.25) is 0 Å². The van der Waals surface area contributed by atoms with Crippen molar-refractivity contribution in [2.75, 3.05) is 5.88 Å². The lowest BCUT2D eigenvalue weighted by molar-refractivity contribution is -0.0498. The zero-order valence-electron chi connectivity index (χ0n) is 9.15. The maximum Gasteiger partial charge on any atom is 0.387 e. The van der Waals surface area contributed by atoms with Gasteiger partial charge in [-0.25, -0.2) is 0 Å². The third-order valence-electron chi connectivity index (χ3n) is 2.10. The number of aromatic nitrogens is 2. The maximum atomic E-state index is 12.0. The van der Waals surface area contributed by atoms with E-state index in [9.17, 15) is 8.78 Å². The van der Waals surface area contributed by atoms with Gasteiger partial charge in [0.15, 0.2) is 0 Å². The van der Waals surface area contributed by atoms with Crippen LogP contribution >= 0.6 is 11.6 Å². The van der Waals surface area contributed by atoms with Crippen molar-refractivity contribution in [2.24, 2.45) is 0 Å². The summed E-state index contributed by atoms with van der Waals surface area (Å²) in [7, 11) is 0. The van der Waals surface area contributed by atoms with Gasteiger partial charge in [-0.15, -0.1) is 21.8 Å². The average molecular weight is 275 g/mol. The third-order valence-corrected chi connectivity index (χ3v) is 2.29. The van der Waals surface area contributed by atoms with E-state index in [1.54, 1.807) is 12.1 Å². The van der Waals surface area contributed by atoms with Crippen LogP contribution in [-0.2, 0) is 6.42 Å². The smallest absolute Gasteiger partial charge is 0.387 e. The predicted octanol–water partition coefficient (Wildman–Crippen LogP) is 3.12. The summed E-state index contributed by atoms with van der Waals surface area (Å²) in [4.78, 5) is 0. The van der Waals surface area contributed by atoms with Crippen molar-refractivity contribution in [2.45, 2.75) is 13.0 Å². The molecule has 0 atom stereocenters. The van der Waals surface area contributed by atoms with Gasteiger partial charge in [-0.2, -0.15) is 8.78 Å². The van der Waals surface area contributed by atoms with Gasteiger partial charge in [-0.3, -0.25) is 0 Å². The number of aryl methyl sites for hydroxylation is 1. The number of alkyl halides is 3. The monoisotopic (exact) mass is 274 g/mol. The Balaban J connectivity index is 2.12. The molecule has 4 nitrogen and oxygen atoms in total. The van der Waals surface area contributed by atoms with Gasteiger partial charge < -0.3 is 9.15 Å². The quantitative estimate of drug-likeness (QED) is 0.786. The van der Waals surface area contributed by atoms with Gasteiger partial charge in [-0.1, -0.05) is 0 Å². The zero-order valence-corrected chi connectivity index (χ0v) is 9.90. The number of hydrogen-bond acceptors (Lipinski definition) is 4. The van der Waals surface area contributed by atoms with Gasteiger partial charge in [0, 0.05) is 17.9 Å². The lowest BCUT2D eigenvalue weighted by Crippen LogP contribution is -2.01. The van der Waals surface area contributed by atoms with Crippen LogP contribution in [0.1, 0.15) is 5.89 Å². The Labute approximate surface area is 107 Å². The van der Waals surface area contributed by atoms with E-state index in [2.05, 4.69) is 14.9 Å². The van der Waals surface area contributed by atoms with Crippen molar-refractivity contribution in [3.8, 4) is 17.2 Å². The number of nitrogens with zero attached hydrogens (tertiary/aromatic N) is 2. The second-order valence-electron chi connectivity index (χ2n) is 3.34. The standard InChI is InChI=1S/C11H9ClF2N2O2/c12-6-5-9-15-16-10(18-9)7-1-3-8(4-2-7)17-11(13)14/h1-4,11H,5-6H2. The highest BCUT2D eigenvalue weighted by Crippen LogP contribution is 2.22. The summed E-state index contributed by atoms with van der Waals surface area (Å²) in [6.45, 7) is -2.84. The lowest BCUT2D eigenvalue weighted by atomic mass is 10.2. The summed E-state index contributed by atoms with van der Waals surface area (Å²) in [5.74, 6) is 1.23. The minimum absolute atomic E-state index is 0.0780. The second kappa shape index (κ2) is 5.77. The van der Waals surface area contributed by atoms with E-state index < -0.39 is 6.61 Å². The molecule has 0 spiro atoms. The Morgan fingerprint density at radius 3 is 2.56 bits per heavy atom. The first-order chi connectivity index (χ1) is 8.69. The summed E-state index contributed by atoms with van der Waals surface area (Å²) in [6.07, 6.45) is 0.487. The van der Waals surface area contributed by atoms with E-state index >= 15 is 0 Å². The molecule has 0 unspecified atom stereocenters. The summed E-state index contributed by atoms with van der Waals surface area (Å²) < 4.78 is 33.5. The lowest BCUT2D eigenvalue weighted by Gasteiger charge is -2.03. The fraction of sp³-hybridized carbons (Fsp3) is 0.273. The average Bonchev–Trinajstić information content (AvgIpc) is 2.78. The predicted molar refractivity (Wildman–Crippen MR) is 60.8 cm³/mol. The summed E-state index contributed by atoms with van der Waals surface area (Å²) >= 11 is 5.55. The van der Waals surface area contributed by atoms with Crippen LogP contribution in [0, 0.1) is 0 Å². The molecule has 0 aliphatic rings. The van der Waals surface area contributed by atoms with Crippen molar-refractivity contribution >= 4 is 11.6 Å². The van der Waals surface area contributed by atoms with Gasteiger partial charge in [0.25, 0.3) is 0 Å². The van der Waals surface area contributed by atoms with E-state index in [1.165, 1.54) is 12.1 Å². The normalized spacial score (nSPS) is 10.9. The molecule has 0 N–H and O–H groups in total. The molecule has 0 fully saturated rings. The third kappa shape index (κ3) is 3.16. The number of halogens is 3. The van der Waals surface area contributed by atoms with Gasteiger partial charge in [0.1, 0.15) is 5.75 Å². The van der Waals surface area contributed by atoms with Crippen LogP contribution in [0.5, 0.6) is 5.75 Å². The Morgan fingerprint density at radius 2 is 1.94 bits per heavy atom. The van der Waals surface area contributed by atoms with Crippen molar-refractivity contribution in [1.82, 2.24) is 10.2 Å². The molecule has 2 rings (SSSR count). The Kier molecular flexibility index (Phi) is 4.09. The highest BCUT2D eigenvalue weighted by Gasteiger charge is 2.09. The minimum atomic E-state index is -2.84. The van der Waals surface area contributed by atoms with Crippen LogP contribution in [0.25, 0.3) is 11.5 Å². The van der Waals surface area contributed by atoms with E-state index in [0.717, 1.165) is 0 Å². The molecular weight excluding hydrogens is 266 g/mol. The highest BCUT2D eigenvalue weighted by atomic mass is 35.5. The SMILES string of the molecule is FC(F)Oc1ccc(-c2nnc(CCCl)o2)cc1. The molecule has 0 amide bonds. The van der Waals surface area contributed by atoms with Crippen LogP contribution < -0.4 is 4.74 Å². The second-order valence-corrected chi connectivity index (χ2v) is 3.72. The molecule has 2 aromatic rings. The van der Waals surface area contributed by atoms with Crippen molar-refractivity contribution in [3.05, 3.63) is 30.2 Å². The first-order valence-corrected chi connectivity index (χ1v) is 5.66. The van der Waals surface area contributed by atoms with Gasteiger partial charge >= 0.3 is 6.61 Å². The molecule has 1 aromatic heterocycles. The van der Waals surface area contributed by atoms with Crippen molar-refractivity contribution < 1.29 is 17.9 Å². The molecule has 1 aromatic carbocycles. The largest absolute Gasteiger partial charge is 0.435 e. The van der Waals surface area contributed by atoms with Crippen LogP contribution in [0.3, 0.4) is 0 Å². The maximum absolute atomic E-state index is 12.0. The summed E-state index contributed by atoms with van der Waals surface area (Å²) in [5, 5.41) is 7.63. The molecule has 0 saturated heterocycles. The van der Waals surface area contributed by atoms with Gasteiger partial charge in [0.05, 0.1) is 0 Å². The Bertz CT molecular complexity index is 502. The molecule has 0 bridgehead atoms. The summed E-state index contributed by atoms with van der Waals surface area (Å²) in [5.41, 5.74) is 0.630. The molecule has 1 heterocycles. The number of benzene rings is 1. The van der Waals surface area contributed by atoms with Crippen LogP contribution in [-0.4, -0.2) is 22.7 Å². The number of rotatable bonds is 5. The van der Waals surface area contributed by atoms with E-state index in [0.29, 0.717) is 29.6 Å². The number of hydrogen-bond donors (Lipinski definition) is 0.